The molecule has 1 aliphatic rings. The fourth-order valence-electron chi connectivity index (χ4n) is 0.415. The van der Waals surface area contributed by atoms with E-state index >= 15 is 0 Å². The van der Waals surface area contributed by atoms with Crippen molar-refractivity contribution in [2.45, 2.75) is 38.6 Å². The summed E-state index contributed by atoms with van der Waals surface area (Å²) in [6.07, 6.45) is -1.99. The standard InChI is InChI=1S/C7H12O3/c1-6(2)7(3,4)10-5(8)9-6/h1-4H3/i1D3,2D3,3D3,4D3. The number of carbonyl (C=O) groups is 1. The summed E-state index contributed by atoms with van der Waals surface area (Å²) in [6.45, 7) is -15.2. The molecule has 0 radical (unpaired) electrons. The molecule has 0 bridgehead atoms. The van der Waals surface area contributed by atoms with Gasteiger partial charge in [-0.3, -0.25) is 0 Å². The topological polar surface area (TPSA) is 35.5 Å². The second-order valence-corrected chi connectivity index (χ2v) is 1.82. The molecule has 0 aromatic rings. The lowest BCUT2D eigenvalue weighted by Gasteiger charge is -2.28. The van der Waals surface area contributed by atoms with Crippen LogP contribution < -0.4 is 0 Å². The highest BCUT2D eigenvalue weighted by Gasteiger charge is 2.50. The molecule has 0 N–H and O–H groups in total. The Morgan fingerprint density at radius 1 is 1.20 bits per heavy atom. The normalized spacial score (nSPS) is 50.2. The predicted octanol–water partition coefficient (Wildman–Crippen LogP) is 1.71. The molecule has 1 aliphatic heterocycles. The van der Waals surface area contributed by atoms with Gasteiger partial charge >= 0.3 is 6.16 Å². The maximum atomic E-state index is 11.4. The van der Waals surface area contributed by atoms with Crippen LogP contribution in [0.4, 0.5) is 4.79 Å². The van der Waals surface area contributed by atoms with Crippen LogP contribution in [-0.2, 0) is 9.47 Å². The van der Waals surface area contributed by atoms with Crippen LogP contribution >= 0.6 is 0 Å². The zero-order valence-electron chi connectivity index (χ0n) is 16.7. The summed E-state index contributed by atoms with van der Waals surface area (Å²) in [7, 11) is 0. The second-order valence-electron chi connectivity index (χ2n) is 1.82. The molecule has 10 heavy (non-hydrogen) atoms. The Morgan fingerprint density at radius 2 is 1.60 bits per heavy atom. The van der Waals surface area contributed by atoms with Gasteiger partial charge < -0.3 is 9.47 Å². The van der Waals surface area contributed by atoms with E-state index in [1.54, 1.807) is 0 Å². The number of carbonyl (C=O) groups excluding carboxylic acids is 1. The molecule has 3 nitrogen and oxygen atoms in total. The molecule has 0 spiro atoms. The van der Waals surface area contributed by atoms with Crippen molar-refractivity contribution in [1.29, 1.82) is 0 Å². The number of rotatable bonds is 0. The van der Waals surface area contributed by atoms with Crippen molar-refractivity contribution in [2.75, 3.05) is 0 Å². The van der Waals surface area contributed by atoms with Crippen molar-refractivity contribution in [3.05, 3.63) is 0 Å². The molecule has 58 valence electrons. The Kier molecular flexibility index (Phi) is 0.231. The quantitative estimate of drug-likeness (QED) is 0.501. The Hall–Kier alpha value is -0.730. The summed E-state index contributed by atoms with van der Waals surface area (Å²) in [4.78, 5) is 11.4. The fraction of sp³-hybridized carbons (Fsp3) is 0.857. The maximum absolute atomic E-state index is 11.4. The van der Waals surface area contributed by atoms with Crippen molar-refractivity contribution >= 4 is 6.16 Å². The molecular formula is C7H12O3. The molecule has 0 atom stereocenters. The fourth-order valence-corrected chi connectivity index (χ4v) is 0.415. The Bertz CT molecular complexity index is 395. The van der Waals surface area contributed by atoms with E-state index in [-0.39, 0.29) is 0 Å². The van der Waals surface area contributed by atoms with Gasteiger partial charge in [0.1, 0.15) is 11.2 Å². The molecule has 0 aromatic carbocycles. The molecule has 0 unspecified atom stereocenters. The highest BCUT2D eigenvalue weighted by molar-refractivity contribution is 5.64. The van der Waals surface area contributed by atoms with Crippen LogP contribution in [0.15, 0.2) is 0 Å². The van der Waals surface area contributed by atoms with Crippen molar-refractivity contribution < 1.29 is 30.7 Å². The summed E-state index contributed by atoms with van der Waals surface area (Å²) in [5, 5.41) is 0. The number of hydrogen-bond donors (Lipinski definition) is 0. The largest absolute Gasteiger partial charge is 0.509 e. The average molecular weight is 156 g/mol. The Morgan fingerprint density at radius 3 is 1.90 bits per heavy atom. The molecule has 0 aromatic heterocycles. The van der Waals surface area contributed by atoms with Crippen molar-refractivity contribution in [3.8, 4) is 0 Å². The summed E-state index contributed by atoms with van der Waals surface area (Å²) in [5.41, 5.74) is -7.75. The molecule has 0 amide bonds. The third-order valence-corrected chi connectivity index (χ3v) is 0.969. The van der Waals surface area contributed by atoms with Gasteiger partial charge in [0.15, 0.2) is 0 Å². The summed E-state index contributed by atoms with van der Waals surface area (Å²) < 4.78 is 96.7. The van der Waals surface area contributed by atoms with Crippen LogP contribution in [0.2, 0.25) is 0 Å². The molecule has 1 fully saturated rings. The van der Waals surface area contributed by atoms with Gasteiger partial charge in [-0.25, -0.2) is 4.79 Å². The molecule has 0 aliphatic carbocycles. The van der Waals surface area contributed by atoms with E-state index in [0.717, 1.165) is 0 Å². The molecule has 1 heterocycles. The third kappa shape index (κ3) is 0.856. The third-order valence-electron chi connectivity index (χ3n) is 0.969. The lowest BCUT2D eigenvalue weighted by Crippen LogP contribution is -2.41. The zero-order valence-corrected chi connectivity index (χ0v) is 4.72. The minimum Gasteiger partial charge on any atom is -0.424 e. The first kappa shape index (κ1) is 1.40. The lowest BCUT2D eigenvalue weighted by atomic mass is 9.90. The van der Waals surface area contributed by atoms with Crippen molar-refractivity contribution in [1.82, 2.24) is 0 Å². The summed E-state index contributed by atoms with van der Waals surface area (Å²) in [6, 6.07) is 0. The van der Waals surface area contributed by atoms with Crippen LogP contribution in [0, 0.1) is 0 Å². The first-order chi connectivity index (χ1) is 9.35. The van der Waals surface area contributed by atoms with Crippen LogP contribution in [0.3, 0.4) is 0 Å². The smallest absolute Gasteiger partial charge is 0.424 e. The van der Waals surface area contributed by atoms with Crippen LogP contribution in [0.25, 0.3) is 0 Å². The van der Waals surface area contributed by atoms with E-state index in [2.05, 4.69) is 9.47 Å². The van der Waals surface area contributed by atoms with Gasteiger partial charge in [-0.05, 0) is 27.4 Å². The molecule has 1 rings (SSSR count). The van der Waals surface area contributed by atoms with Gasteiger partial charge in [0, 0.05) is 16.4 Å². The van der Waals surface area contributed by atoms with E-state index in [1.165, 1.54) is 0 Å². The minimum atomic E-state index is -3.87. The summed E-state index contributed by atoms with van der Waals surface area (Å²) >= 11 is 0. The SMILES string of the molecule is [2H]C([2H])([2H])C1(C([2H])([2H])[2H])OC(=O)OC1(C([2H])([2H])[2H])C([2H])([2H])[2H]. The van der Waals surface area contributed by atoms with Crippen LogP contribution in [0.1, 0.15) is 43.9 Å². The Balaban J connectivity index is 3.99. The molecular weight excluding hydrogens is 132 g/mol. The zero-order chi connectivity index (χ0) is 18.0. The van der Waals surface area contributed by atoms with Gasteiger partial charge in [0.2, 0.25) is 0 Å². The van der Waals surface area contributed by atoms with E-state index < -0.39 is 44.8 Å². The lowest BCUT2D eigenvalue weighted by molar-refractivity contribution is 0.00578. The molecule has 1 saturated heterocycles. The van der Waals surface area contributed by atoms with Gasteiger partial charge in [0.25, 0.3) is 0 Å². The minimum absolute atomic E-state index is 1.99. The monoisotopic (exact) mass is 156 g/mol. The first-order valence-electron chi connectivity index (χ1n) is 8.27. The van der Waals surface area contributed by atoms with E-state index in [9.17, 15) is 4.79 Å². The number of hydrogen-bond acceptors (Lipinski definition) is 3. The first-order valence-corrected chi connectivity index (χ1v) is 2.27. The van der Waals surface area contributed by atoms with Crippen molar-refractivity contribution in [3.63, 3.8) is 0 Å². The second kappa shape index (κ2) is 1.65. The van der Waals surface area contributed by atoms with E-state index in [4.69, 9.17) is 16.4 Å². The van der Waals surface area contributed by atoms with Gasteiger partial charge in [0.05, 0.1) is 0 Å². The number of ether oxygens (including phenoxy) is 2. The van der Waals surface area contributed by atoms with E-state index in [0.29, 0.717) is 0 Å². The van der Waals surface area contributed by atoms with Gasteiger partial charge in [-0.1, -0.05) is 0 Å². The molecule has 0 saturated carbocycles. The van der Waals surface area contributed by atoms with Gasteiger partial charge in [-0.2, -0.15) is 0 Å². The summed E-state index contributed by atoms with van der Waals surface area (Å²) in [5.74, 6) is 0. The van der Waals surface area contributed by atoms with Crippen LogP contribution in [0.5, 0.6) is 0 Å². The average Bonchev–Trinajstić information content (AvgIpc) is 2.49. The van der Waals surface area contributed by atoms with Crippen LogP contribution in [-0.4, -0.2) is 17.4 Å². The molecule has 3 heteroatoms. The van der Waals surface area contributed by atoms with Gasteiger partial charge in [-0.15, -0.1) is 0 Å². The number of cyclic esters (lactones) is 2. The predicted molar refractivity (Wildman–Crippen MR) is 35.7 cm³/mol. The van der Waals surface area contributed by atoms with Crippen molar-refractivity contribution in [2.24, 2.45) is 0 Å². The highest BCUT2D eigenvalue weighted by atomic mass is 16.8. The highest BCUT2D eigenvalue weighted by Crippen LogP contribution is 2.35. The maximum Gasteiger partial charge on any atom is 0.509 e. The van der Waals surface area contributed by atoms with E-state index in [1.807, 2.05) is 0 Å². The Labute approximate surface area is 77.2 Å².